The van der Waals surface area contributed by atoms with Gasteiger partial charge in [0.05, 0.1) is 6.61 Å². The molecule has 1 heterocycles. The molecule has 0 bridgehead atoms. The van der Waals surface area contributed by atoms with Gasteiger partial charge in [0.2, 0.25) is 0 Å². The van der Waals surface area contributed by atoms with Crippen LogP contribution in [0.3, 0.4) is 0 Å². The van der Waals surface area contributed by atoms with Crippen molar-refractivity contribution < 1.29 is 23.9 Å². The number of hydrogen-bond donors (Lipinski definition) is 1. The van der Waals surface area contributed by atoms with Crippen molar-refractivity contribution in [2.24, 2.45) is 5.41 Å². The summed E-state index contributed by atoms with van der Waals surface area (Å²) in [4.78, 5) is 38.2. The third kappa shape index (κ3) is 4.73. The molecular weight excluding hydrogens is 461 g/mol. The maximum atomic E-state index is 12.7. The second-order valence-corrected chi connectivity index (χ2v) is 10.4. The third-order valence-electron chi connectivity index (χ3n) is 5.20. The highest BCUT2D eigenvalue weighted by Crippen LogP contribution is 2.64. The number of halogens is 2. The molecule has 6 nitrogen and oxygen atoms in total. The highest BCUT2D eigenvalue weighted by atomic mass is 35.5. The zero-order chi connectivity index (χ0) is 23.0. The molecule has 166 valence electrons. The van der Waals surface area contributed by atoms with E-state index in [0.29, 0.717) is 10.6 Å². The fraction of sp³-hybridized carbons (Fsp3) is 0.409. The Labute approximate surface area is 194 Å². The number of nitrogens with one attached hydrogen (secondary N) is 1. The standard InChI is InChI=1S/C22H23Cl2NO5S/c1-5-29-19(27)17-16(14-8-6-12(2)7-9-14)13(3)31-18(17)25-15(26)10-30-20(28)21(4)11-22(21,23)24/h6-9H,5,10-11H2,1-4H3,(H,25,26). The van der Waals surface area contributed by atoms with Crippen molar-refractivity contribution in [2.45, 2.75) is 38.4 Å². The molecular formula is C22H23Cl2NO5S. The number of hydrogen-bond acceptors (Lipinski definition) is 6. The molecule has 31 heavy (non-hydrogen) atoms. The van der Waals surface area contributed by atoms with Gasteiger partial charge in [0.25, 0.3) is 5.91 Å². The van der Waals surface area contributed by atoms with Crippen molar-refractivity contribution in [3.8, 4) is 11.1 Å². The van der Waals surface area contributed by atoms with E-state index in [1.807, 2.05) is 38.1 Å². The third-order valence-corrected chi connectivity index (χ3v) is 7.32. The number of anilines is 1. The number of aryl methyl sites for hydroxylation is 2. The summed E-state index contributed by atoms with van der Waals surface area (Å²) in [5, 5.41) is 3.02. The molecule has 9 heteroatoms. The van der Waals surface area contributed by atoms with Gasteiger partial charge in [-0.15, -0.1) is 34.5 Å². The summed E-state index contributed by atoms with van der Waals surface area (Å²) in [5.41, 5.74) is 1.89. The highest BCUT2D eigenvalue weighted by Gasteiger charge is 2.69. The zero-order valence-corrected chi connectivity index (χ0v) is 20.0. The Morgan fingerprint density at radius 1 is 1.13 bits per heavy atom. The van der Waals surface area contributed by atoms with Gasteiger partial charge < -0.3 is 14.8 Å². The lowest BCUT2D eigenvalue weighted by Crippen LogP contribution is -2.27. The van der Waals surface area contributed by atoms with Crippen LogP contribution in [0.25, 0.3) is 11.1 Å². The number of thiophene rings is 1. The van der Waals surface area contributed by atoms with E-state index < -0.39 is 34.2 Å². The van der Waals surface area contributed by atoms with Crippen LogP contribution in [0.15, 0.2) is 24.3 Å². The van der Waals surface area contributed by atoms with E-state index in [2.05, 4.69) is 5.32 Å². The van der Waals surface area contributed by atoms with Gasteiger partial charge in [-0.05, 0) is 33.3 Å². The SMILES string of the molecule is CCOC(=O)c1c(NC(=O)COC(=O)C2(C)CC2(Cl)Cl)sc(C)c1-c1ccc(C)cc1. The fourth-order valence-electron chi connectivity index (χ4n) is 3.17. The maximum absolute atomic E-state index is 12.7. The number of carbonyl (C=O) groups excluding carboxylic acids is 3. The molecule has 1 amide bonds. The van der Waals surface area contributed by atoms with E-state index >= 15 is 0 Å². The van der Waals surface area contributed by atoms with Crippen molar-refractivity contribution in [1.29, 1.82) is 0 Å². The van der Waals surface area contributed by atoms with E-state index in [-0.39, 0.29) is 18.6 Å². The Morgan fingerprint density at radius 2 is 1.74 bits per heavy atom. The van der Waals surface area contributed by atoms with Crippen molar-refractivity contribution in [3.63, 3.8) is 0 Å². The molecule has 1 aromatic carbocycles. The zero-order valence-electron chi connectivity index (χ0n) is 17.6. The van der Waals surface area contributed by atoms with Crippen LogP contribution in [0, 0.1) is 19.3 Å². The van der Waals surface area contributed by atoms with Crippen molar-refractivity contribution >= 4 is 57.4 Å². The van der Waals surface area contributed by atoms with Gasteiger partial charge in [0, 0.05) is 16.9 Å². The Morgan fingerprint density at radius 3 is 2.29 bits per heavy atom. The van der Waals surface area contributed by atoms with E-state index in [0.717, 1.165) is 16.0 Å². The van der Waals surface area contributed by atoms with Crippen molar-refractivity contribution in [2.75, 3.05) is 18.5 Å². The molecule has 1 aliphatic carbocycles. The summed E-state index contributed by atoms with van der Waals surface area (Å²) >= 11 is 13.2. The normalized spacial score (nSPS) is 18.9. The largest absolute Gasteiger partial charge is 0.462 e. The first-order valence-electron chi connectivity index (χ1n) is 9.72. The van der Waals surface area contributed by atoms with Crippen LogP contribution in [0.4, 0.5) is 5.00 Å². The smallest absolute Gasteiger partial charge is 0.341 e. The van der Waals surface area contributed by atoms with Gasteiger partial charge in [-0.1, -0.05) is 29.8 Å². The number of rotatable bonds is 7. The summed E-state index contributed by atoms with van der Waals surface area (Å²) in [6.45, 7) is 6.83. The van der Waals surface area contributed by atoms with Gasteiger partial charge in [-0.2, -0.15) is 0 Å². The average Bonchev–Trinajstić information content (AvgIpc) is 3.06. The van der Waals surface area contributed by atoms with Gasteiger partial charge in [-0.25, -0.2) is 4.79 Å². The molecule has 0 aliphatic heterocycles. The monoisotopic (exact) mass is 483 g/mol. The predicted molar refractivity (Wildman–Crippen MR) is 122 cm³/mol. The molecule has 1 fully saturated rings. The Bertz CT molecular complexity index is 1030. The van der Waals surface area contributed by atoms with Crippen LogP contribution < -0.4 is 5.32 Å². The molecule has 0 spiro atoms. The maximum Gasteiger partial charge on any atom is 0.341 e. The second kappa shape index (κ2) is 8.81. The van der Waals surface area contributed by atoms with Gasteiger partial charge >= 0.3 is 11.9 Å². The number of carbonyl (C=O) groups is 3. The lowest BCUT2D eigenvalue weighted by Gasteiger charge is -2.12. The van der Waals surface area contributed by atoms with Crippen molar-refractivity contribution in [1.82, 2.24) is 0 Å². The number of amides is 1. The molecule has 1 N–H and O–H groups in total. The Balaban J connectivity index is 1.81. The molecule has 0 radical (unpaired) electrons. The molecule has 2 aromatic rings. The second-order valence-electron chi connectivity index (χ2n) is 7.66. The van der Waals surface area contributed by atoms with Crippen LogP contribution in [0.2, 0.25) is 0 Å². The quantitative estimate of drug-likeness (QED) is 0.428. The predicted octanol–water partition coefficient (Wildman–Crippen LogP) is 5.27. The summed E-state index contributed by atoms with van der Waals surface area (Å²) in [7, 11) is 0. The van der Waals surface area contributed by atoms with Gasteiger partial charge in [0.1, 0.15) is 20.3 Å². The minimum Gasteiger partial charge on any atom is -0.462 e. The molecule has 1 aliphatic rings. The first-order valence-corrected chi connectivity index (χ1v) is 11.3. The lowest BCUT2D eigenvalue weighted by molar-refractivity contribution is -0.152. The topological polar surface area (TPSA) is 81.7 Å². The molecule has 1 unspecified atom stereocenters. The van der Waals surface area contributed by atoms with E-state index in [1.165, 1.54) is 11.3 Å². The molecule has 1 saturated carbocycles. The summed E-state index contributed by atoms with van der Waals surface area (Å²) < 4.78 is 9.14. The number of alkyl halides is 2. The molecule has 0 saturated heterocycles. The number of ether oxygens (including phenoxy) is 2. The van der Waals surface area contributed by atoms with Crippen LogP contribution in [-0.2, 0) is 19.1 Å². The van der Waals surface area contributed by atoms with E-state index in [4.69, 9.17) is 32.7 Å². The molecule has 1 aromatic heterocycles. The summed E-state index contributed by atoms with van der Waals surface area (Å²) in [6.07, 6.45) is 0.264. The summed E-state index contributed by atoms with van der Waals surface area (Å²) in [6, 6.07) is 7.74. The highest BCUT2D eigenvalue weighted by molar-refractivity contribution is 7.17. The lowest BCUT2D eigenvalue weighted by atomic mass is 10.0. The number of benzene rings is 1. The minimum atomic E-state index is -1.18. The minimum absolute atomic E-state index is 0.198. The average molecular weight is 484 g/mol. The van der Waals surface area contributed by atoms with E-state index in [9.17, 15) is 14.4 Å². The van der Waals surface area contributed by atoms with E-state index in [1.54, 1.807) is 13.8 Å². The number of esters is 2. The van der Waals surface area contributed by atoms with Crippen LogP contribution >= 0.6 is 34.5 Å². The summed E-state index contributed by atoms with van der Waals surface area (Å²) in [5.74, 6) is -1.75. The van der Waals surface area contributed by atoms with Gasteiger partial charge in [0.15, 0.2) is 6.61 Å². The first kappa shape index (κ1) is 23.6. The molecule has 3 rings (SSSR count). The van der Waals surface area contributed by atoms with Crippen LogP contribution in [0.1, 0.15) is 41.1 Å². The van der Waals surface area contributed by atoms with Crippen LogP contribution in [0.5, 0.6) is 0 Å². The van der Waals surface area contributed by atoms with Crippen LogP contribution in [-0.4, -0.2) is 35.4 Å². The Kier molecular flexibility index (Phi) is 6.69. The Hall–Kier alpha value is -2.09. The van der Waals surface area contributed by atoms with Crippen molar-refractivity contribution in [3.05, 3.63) is 40.3 Å². The molecule has 1 atom stereocenters. The fourth-order valence-corrected chi connectivity index (χ4v) is 4.94. The first-order chi connectivity index (χ1) is 14.5. The van der Waals surface area contributed by atoms with Gasteiger partial charge in [-0.3, -0.25) is 9.59 Å².